The van der Waals surface area contributed by atoms with Gasteiger partial charge in [0.25, 0.3) is 5.56 Å². The number of hydrogen-bond acceptors (Lipinski definition) is 4. The lowest BCUT2D eigenvalue weighted by molar-refractivity contribution is -0.133. The molecule has 0 saturated heterocycles. The zero-order chi connectivity index (χ0) is 23.1. The van der Waals surface area contributed by atoms with E-state index in [1.54, 1.807) is 4.57 Å². The molecule has 0 aliphatic heterocycles. The van der Waals surface area contributed by atoms with Gasteiger partial charge in [0.1, 0.15) is 5.82 Å². The van der Waals surface area contributed by atoms with Crippen LogP contribution in [-0.2, 0) is 17.8 Å². The number of fused-ring (bicyclic) bond motifs is 1. The van der Waals surface area contributed by atoms with E-state index < -0.39 is 0 Å². The molecule has 0 aliphatic rings. The first-order valence-electron chi connectivity index (χ1n) is 11.4. The molecule has 3 rings (SSSR count). The van der Waals surface area contributed by atoms with E-state index in [-0.39, 0.29) is 17.5 Å². The molecule has 6 nitrogen and oxygen atoms in total. The average Bonchev–Trinajstić information content (AvgIpc) is 2.79. The van der Waals surface area contributed by atoms with Gasteiger partial charge in [0, 0.05) is 19.6 Å². The van der Waals surface area contributed by atoms with Crippen LogP contribution in [0.25, 0.3) is 10.9 Å². The van der Waals surface area contributed by atoms with Gasteiger partial charge in [-0.3, -0.25) is 14.2 Å². The second-order valence-electron chi connectivity index (χ2n) is 8.42. The van der Waals surface area contributed by atoms with Gasteiger partial charge in [-0.15, -0.1) is 0 Å². The van der Waals surface area contributed by atoms with Crippen LogP contribution in [0.4, 0.5) is 0 Å². The molecule has 1 heterocycles. The Morgan fingerprint density at radius 1 is 1.00 bits per heavy atom. The van der Waals surface area contributed by atoms with E-state index in [0.29, 0.717) is 42.7 Å². The Morgan fingerprint density at radius 3 is 2.34 bits per heavy atom. The molecule has 170 valence electrons. The highest BCUT2D eigenvalue weighted by molar-refractivity contribution is 5.80. The highest BCUT2D eigenvalue weighted by Crippen LogP contribution is 2.25. The van der Waals surface area contributed by atoms with Crippen molar-refractivity contribution < 1.29 is 4.79 Å². The summed E-state index contributed by atoms with van der Waals surface area (Å²) in [5.41, 5.74) is 1.63. The predicted molar refractivity (Wildman–Crippen MR) is 130 cm³/mol. The zero-order valence-corrected chi connectivity index (χ0v) is 19.6. The Balaban J connectivity index is 2.07. The number of rotatable bonds is 10. The largest absolute Gasteiger partial charge is 0.331 e. The molecular formula is C26H34N4O2. The predicted octanol–water partition coefficient (Wildman–Crippen LogP) is 3.89. The Labute approximate surface area is 190 Å². The van der Waals surface area contributed by atoms with E-state index in [2.05, 4.69) is 18.7 Å². The molecule has 32 heavy (non-hydrogen) atoms. The van der Waals surface area contributed by atoms with Crippen LogP contribution in [0.15, 0.2) is 59.4 Å². The molecule has 0 aliphatic carbocycles. The third kappa shape index (κ3) is 5.43. The van der Waals surface area contributed by atoms with Gasteiger partial charge in [-0.05, 0) is 44.6 Å². The first kappa shape index (κ1) is 23.7. The molecule has 0 fully saturated rings. The monoisotopic (exact) mass is 434 g/mol. The Kier molecular flexibility index (Phi) is 8.17. The summed E-state index contributed by atoms with van der Waals surface area (Å²) in [7, 11) is 4.00. The topological polar surface area (TPSA) is 58.4 Å². The highest BCUT2D eigenvalue weighted by Gasteiger charge is 2.28. The number of para-hydroxylation sites is 1. The normalized spacial score (nSPS) is 12.3. The maximum Gasteiger partial charge on any atom is 0.261 e. The first-order valence-corrected chi connectivity index (χ1v) is 11.4. The van der Waals surface area contributed by atoms with E-state index in [4.69, 9.17) is 4.98 Å². The highest BCUT2D eigenvalue weighted by atomic mass is 16.2. The minimum Gasteiger partial charge on any atom is -0.331 e. The van der Waals surface area contributed by atoms with Crippen molar-refractivity contribution in [2.45, 2.75) is 45.7 Å². The summed E-state index contributed by atoms with van der Waals surface area (Å²) in [6.07, 6.45) is 1.83. The summed E-state index contributed by atoms with van der Waals surface area (Å²) in [4.78, 5) is 35.7. The molecule has 0 saturated carbocycles. The van der Waals surface area contributed by atoms with Crippen LogP contribution >= 0.6 is 0 Å². The van der Waals surface area contributed by atoms with Gasteiger partial charge < -0.3 is 9.80 Å². The van der Waals surface area contributed by atoms with Crippen molar-refractivity contribution >= 4 is 16.8 Å². The maximum absolute atomic E-state index is 13.5. The van der Waals surface area contributed by atoms with Crippen LogP contribution in [0.5, 0.6) is 0 Å². The SMILES string of the molecule is CCCn1c(C(CC)N(CCN(C)C)C(=O)Cc2ccccc2)nc2ccccc2c1=O. The van der Waals surface area contributed by atoms with Crippen LogP contribution < -0.4 is 5.56 Å². The number of hydrogen-bond donors (Lipinski definition) is 0. The lowest BCUT2D eigenvalue weighted by Crippen LogP contribution is -2.42. The number of carbonyl (C=O) groups is 1. The van der Waals surface area contributed by atoms with E-state index in [0.717, 1.165) is 18.5 Å². The number of carbonyl (C=O) groups excluding carboxylic acids is 1. The molecule has 1 atom stereocenters. The van der Waals surface area contributed by atoms with Gasteiger partial charge in [-0.1, -0.05) is 56.3 Å². The van der Waals surface area contributed by atoms with Crippen LogP contribution in [0, 0.1) is 0 Å². The molecule has 0 N–H and O–H groups in total. The van der Waals surface area contributed by atoms with Gasteiger partial charge in [-0.25, -0.2) is 4.98 Å². The second kappa shape index (κ2) is 11.0. The summed E-state index contributed by atoms with van der Waals surface area (Å²) in [5.74, 6) is 0.730. The Morgan fingerprint density at radius 2 is 1.69 bits per heavy atom. The fourth-order valence-corrected chi connectivity index (χ4v) is 4.06. The van der Waals surface area contributed by atoms with Gasteiger partial charge in [0.2, 0.25) is 5.91 Å². The maximum atomic E-state index is 13.5. The van der Waals surface area contributed by atoms with Gasteiger partial charge in [-0.2, -0.15) is 0 Å². The lowest BCUT2D eigenvalue weighted by Gasteiger charge is -2.33. The molecule has 0 bridgehead atoms. The van der Waals surface area contributed by atoms with Crippen molar-refractivity contribution in [1.29, 1.82) is 0 Å². The molecule has 6 heteroatoms. The summed E-state index contributed by atoms with van der Waals surface area (Å²) >= 11 is 0. The molecular weight excluding hydrogens is 400 g/mol. The summed E-state index contributed by atoms with van der Waals surface area (Å²) in [6, 6.07) is 17.0. The Hall–Kier alpha value is -2.99. The quantitative estimate of drug-likeness (QED) is 0.486. The van der Waals surface area contributed by atoms with Crippen molar-refractivity contribution in [2.75, 3.05) is 27.2 Å². The van der Waals surface area contributed by atoms with Gasteiger partial charge in [0.15, 0.2) is 0 Å². The van der Waals surface area contributed by atoms with E-state index in [1.165, 1.54) is 0 Å². The third-order valence-corrected chi connectivity index (χ3v) is 5.71. The lowest BCUT2D eigenvalue weighted by atomic mass is 10.1. The fraction of sp³-hybridized carbons (Fsp3) is 0.423. The molecule has 2 aromatic carbocycles. The molecule has 1 unspecified atom stereocenters. The molecule has 0 spiro atoms. The van der Waals surface area contributed by atoms with E-state index in [9.17, 15) is 9.59 Å². The van der Waals surface area contributed by atoms with Crippen LogP contribution in [0.1, 0.15) is 44.1 Å². The summed E-state index contributed by atoms with van der Waals surface area (Å²) < 4.78 is 1.77. The van der Waals surface area contributed by atoms with Crippen molar-refractivity contribution in [3.63, 3.8) is 0 Å². The van der Waals surface area contributed by atoms with Crippen LogP contribution in [0.3, 0.4) is 0 Å². The fourth-order valence-electron chi connectivity index (χ4n) is 4.06. The van der Waals surface area contributed by atoms with Crippen molar-refractivity contribution in [1.82, 2.24) is 19.4 Å². The zero-order valence-electron chi connectivity index (χ0n) is 19.6. The smallest absolute Gasteiger partial charge is 0.261 e. The van der Waals surface area contributed by atoms with Crippen molar-refractivity contribution in [3.8, 4) is 0 Å². The number of nitrogens with zero attached hydrogens (tertiary/aromatic N) is 4. The first-order chi connectivity index (χ1) is 15.5. The number of likely N-dealkylation sites (N-methyl/N-ethyl adjacent to an activating group) is 1. The van der Waals surface area contributed by atoms with Gasteiger partial charge >= 0.3 is 0 Å². The van der Waals surface area contributed by atoms with Crippen molar-refractivity contribution in [3.05, 3.63) is 76.3 Å². The van der Waals surface area contributed by atoms with Crippen molar-refractivity contribution in [2.24, 2.45) is 0 Å². The molecule has 1 amide bonds. The summed E-state index contributed by atoms with van der Waals surface area (Å²) in [5, 5.41) is 0.620. The number of amides is 1. The number of aromatic nitrogens is 2. The second-order valence-corrected chi connectivity index (χ2v) is 8.42. The molecule has 3 aromatic rings. The van der Waals surface area contributed by atoms with Crippen LogP contribution in [0.2, 0.25) is 0 Å². The van der Waals surface area contributed by atoms with E-state index in [1.807, 2.05) is 73.6 Å². The standard InChI is InChI=1S/C26H34N4O2/c1-5-16-30-25(27-22-15-11-10-14-21(22)26(30)32)23(6-2)29(18-17-28(3)4)24(31)19-20-12-8-7-9-13-20/h7-15,23H,5-6,16-19H2,1-4H3. The summed E-state index contributed by atoms with van der Waals surface area (Å²) in [6.45, 7) is 6.00. The minimum absolute atomic E-state index is 0.0334. The van der Waals surface area contributed by atoms with Gasteiger partial charge in [0.05, 0.1) is 23.4 Å². The molecule has 1 aromatic heterocycles. The minimum atomic E-state index is -0.269. The third-order valence-electron chi connectivity index (χ3n) is 5.71. The molecule has 0 radical (unpaired) electrons. The Bertz CT molecular complexity index is 1090. The van der Waals surface area contributed by atoms with E-state index >= 15 is 0 Å². The number of benzene rings is 2. The van der Waals surface area contributed by atoms with Crippen LogP contribution in [-0.4, -0.2) is 52.4 Å². The average molecular weight is 435 g/mol.